The molecule has 0 unspecified atom stereocenters. The average molecular weight is 506 g/mol. The minimum atomic E-state index is -0.141. The molecule has 2 heterocycles. The Hall–Kier alpha value is -2.03. The van der Waals surface area contributed by atoms with Gasteiger partial charge in [0, 0.05) is 16.4 Å². The van der Waals surface area contributed by atoms with Crippen molar-refractivity contribution in [1.82, 2.24) is 14.9 Å². The third kappa shape index (κ3) is 5.08. The number of thioether (sulfide) groups is 1. The van der Waals surface area contributed by atoms with Crippen molar-refractivity contribution in [2.24, 2.45) is 11.8 Å². The number of ether oxygens (including phenoxy) is 1. The molecule has 33 heavy (non-hydrogen) atoms. The maximum atomic E-state index is 13.9. The third-order valence-electron chi connectivity index (χ3n) is 5.72. The van der Waals surface area contributed by atoms with Crippen molar-refractivity contribution in [3.63, 3.8) is 0 Å². The monoisotopic (exact) mass is 505 g/mol. The largest absolute Gasteiger partial charge is 0.495 e. The second-order valence-corrected chi connectivity index (χ2v) is 11.3. The van der Waals surface area contributed by atoms with Crippen LogP contribution in [0.5, 0.6) is 5.75 Å². The molecule has 4 rings (SSSR count). The van der Waals surface area contributed by atoms with Gasteiger partial charge in [0.05, 0.1) is 23.9 Å². The van der Waals surface area contributed by atoms with Crippen LogP contribution in [0.1, 0.15) is 37.6 Å². The summed E-state index contributed by atoms with van der Waals surface area (Å²) >= 11 is 9.15. The molecule has 9 heteroatoms. The molecule has 0 fully saturated rings. The molecule has 6 nitrogen and oxygen atoms in total. The lowest BCUT2D eigenvalue weighted by molar-refractivity contribution is -0.118. The number of aromatic nitrogens is 2. The van der Waals surface area contributed by atoms with E-state index in [4.69, 9.17) is 21.3 Å². The Labute approximate surface area is 206 Å². The lowest BCUT2D eigenvalue weighted by Crippen LogP contribution is -2.29. The number of carbonyl (C=O) groups excluding carboxylic acids is 1. The summed E-state index contributed by atoms with van der Waals surface area (Å²) in [6.07, 6.45) is 2.91. The Bertz CT molecular complexity index is 1250. The molecule has 0 saturated heterocycles. The number of methoxy groups -OCH3 is 1. The van der Waals surface area contributed by atoms with E-state index >= 15 is 0 Å². The van der Waals surface area contributed by atoms with E-state index in [-0.39, 0.29) is 17.2 Å². The minimum absolute atomic E-state index is 0.0908. The zero-order chi connectivity index (χ0) is 23.7. The van der Waals surface area contributed by atoms with E-state index in [2.05, 4.69) is 12.2 Å². The number of fused-ring (bicyclic) bond motifs is 3. The van der Waals surface area contributed by atoms with Gasteiger partial charge in [0.1, 0.15) is 10.6 Å². The molecule has 0 saturated carbocycles. The zero-order valence-corrected chi connectivity index (χ0v) is 21.6. The van der Waals surface area contributed by atoms with Gasteiger partial charge >= 0.3 is 0 Å². The molecule has 1 atom stereocenters. The van der Waals surface area contributed by atoms with E-state index < -0.39 is 0 Å². The van der Waals surface area contributed by atoms with Gasteiger partial charge in [-0.2, -0.15) is 0 Å². The third-order valence-corrected chi connectivity index (χ3v) is 8.04. The van der Waals surface area contributed by atoms with Gasteiger partial charge in [-0.15, -0.1) is 11.3 Å². The molecule has 1 aliphatic rings. The van der Waals surface area contributed by atoms with Crippen LogP contribution in [0.25, 0.3) is 15.9 Å². The second-order valence-electron chi connectivity index (χ2n) is 8.87. The average Bonchev–Trinajstić information content (AvgIpc) is 3.13. The minimum Gasteiger partial charge on any atom is -0.495 e. The van der Waals surface area contributed by atoms with Gasteiger partial charge in [-0.05, 0) is 54.9 Å². The summed E-state index contributed by atoms with van der Waals surface area (Å²) in [6.45, 7) is 6.94. The van der Waals surface area contributed by atoms with Crippen LogP contribution in [0, 0.1) is 11.8 Å². The number of hydrogen-bond acceptors (Lipinski definition) is 6. The molecule has 3 aromatic rings. The molecule has 0 aliphatic heterocycles. The smallest absolute Gasteiger partial charge is 0.267 e. The first kappa shape index (κ1) is 24.1. The van der Waals surface area contributed by atoms with Crippen LogP contribution in [0.4, 0.5) is 0 Å². The Morgan fingerprint density at radius 1 is 1.42 bits per heavy atom. The standard InChI is InChI=1S/C24H28ClN3O3S2/c1-13(2)11-26-20(29)12-32-24-27-22-21(16-7-5-14(3)9-19(16)33-22)23(30)28(24)17-10-15(25)6-8-18(17)31-4/h6,8,10,13-14H,5,7,9,11-12H2,1-4H3,(H,26,29)/t14-/m0/s1. The number of thiophene rings is 1. The van der Waals surface area contributed by atoms with Gasteiger partial charge in [0.15, 0.2) is 5.16 Å². The van der Waals surface area contributed by atoms with Crippen molar-refractivity contribution in [2.75, 3.05) is 19.4 Å². The zero-order valence-electron chi connectivity index (χ0n) is 19.2. The van der Waals surface area contributed by atoms with Crippen molar-refractivity contribution in [3.05, 3.63) is 44.0 Å². The van der Waals surface area contributed by atoms with E-state index in [0.29, 0.717) is 45.4 Å². The topological polar surface area (TPSA) is 73.2 Å². The summed E-state index contributed by atoms with van der Waals surface area (Å²) in [5.74, 6) is 1.55. The molecule has 0 radical (unpaired) electrons. The lowest BCUT2D eigenvalue weighted by Gasteiger charge is -2.18. The number of nitrogens with one attached hydrogen (secondary N) is 1. The maximum absolute atomic E-state index is 13.9. The number of carbonyl (C=O) groups is 1. The fourth-order valence-electron chi connectivity index (χ4n) is 4.02. The Morgan fingerprint density at radius 3 is 2.94 bits per heavy atom. The van der Waals surface area contributed by atoms with Crippen molar-refractivity contribution < 1.29 is 9.53 Å². The SMILES string of the molecule is COc1ccc(Cl)cc1-n1c(SCC(=O)NCC(C)C)nc2sc3c(c2c1=O)CC[C@H](C)C3. The quantitative estimate of drug-likeness (QED) is 0.357. The first-order valence-electron chi connectivity index (χ1n) is 11.1. The van der Waals surface area contributed by atoms with Crippen molar-refractivity contribution in [1.29, 1.82) is 0 Å². The summed E-state index contributed by atoms with van der Waals surface area (Å²) in [6, 6.07) is 5.17. The van der Waals surface area contributed by atoms with Gasteiger partial charge in [-0.1, -0.05) is 44.1 Å². The highest BCUT2D eigenvalue weighted by atomic mass is 35.5. The Morgan fingerprint density at radius 2 is 2.21 bits per heavy atom. The molecule has 176 valence electrons. The van der Waals surface area contributed by atoms with Crippen LogP contribution in [0.2, 0.25) is 5.02 Å². The van der Waals surface area contributed by atoms with Gasteiger partial charge < -0.3 is 10.1 Å². The van der Waals surface area contributed by atoms with Crippen molar-refractivity contribution in [3.8, 4) is 11.4 Å². The van der Waals surface area contributed by atoms with E-state index in [1.54, 1.807) is 41.2 Å². The molecule has 1 amide bonds. The number of aryl methyl sites for hydroxylation is 1. The number of hydrogen-bond donors (Lipinski definition) is 1. The maximum Gasteiger partial charge on any atom is 0.267 e. The van der Waals surface area contributed by atoms with E-state index in [0.717, 1.165) is 29.7 Å². The number of rotatable bonds is 7. The lowest BCUT2D eigenvalue weighted by atomic mass is 9.89. The molecule has 0 spiro atoms. The highest BCUT2D eigenvalue weighted by Crippen LogP contribution is 2.38. The fourth-order valence-corrected chi connectivity index (χ4v) is 6.44. The predicted octanol–water partition coefficient (Wildman–Crippen LogP) is 5.10. The van der Waals surface area contributed by atoms with E-state index in [9.17, 15) is 9.59 Å². The first-order valence-corrected chi connectivity index (χ1v) is 13.3. The summed E-state index contributed by atoms with van der Waals surface area (Å²) in [5, 5.41) is 4.55. The van der Waals surface area contributed by atoms with Gasteiger partial charge in [0.2, 0.25) is 5.91 Å². The summed E-state index contributed by atoms with van der Waals surface area (Å²) in [7, 11) is 1.56. The van der Waals surface area contributed by atoms with Crippen LogP contribution in [0.15, 0.2) is 28.2 Å². The molecule has 2 aromatic heterocycles. The Balaban J connectivity index is 1.85. The normalized spacial score (nSPS) is 15.6. The van der Waals surface area contributed by atoms with Gasteiger partial charge in [-0.3, -0.25) is 14.2 Å². The van der Waals surface area contributed by atoms with Crippen LogP contribution >= 0.6 is 34.7 Å². The van der Waals surface area contributed by atoms with Crippen molar-refractivity contribution >= 4 is 50.8 Å². The van der Waals surface area contributed by atoms with Crippen LogP contribution in [-0.4, -0.2) is 34.9 Å². The van der Waals surface area contributed by atoms with Gasteiger partial charge in [0.25, 0.3) is 5.56 Å². The fraction of sp³-hybridized carbons (Fsp3) is 0.458. The van der Waals surface area contributed by atoms with Crippen molar-refractivity contribution in [2.45, 2.75) is 45.2 Å². The molecule has 1 aliphatic carbocycles. The van der Waals surface area contributed by atoms with Gasteiger partial charge in [-0.25, -0.2) is 4.98 Å². The summed E-state index contributed by atoms with van der Waals surface area (Å²) < 4.78 is 7.10. The molecule has 1 aromatic carbocycles. The number of halogens is 1. The van der Waals surface area contributed by atoms with Crippen LogP contribution in [0.3, 0.4) is 0 Å². The van der Waals surface area contributed by atoms with Crippen LogP contribution < -0.4 is 15.6 Å². The van der Waals surface area contributed by atoms with E-state index in [1.165, 1.54) is 16.6 Å². The number of nitrogens with zero attached hydrogens (tertiary/aromatic N) is 2. The molecule has 0 bridgehead atoms. The molecular formula is C24H28ClN3O3S2. The number of benzene rings is 1. The first-order chi connectivity index (χ1) is 15.8. The predicted molar refractivity (Wildman–Crippen MR) is 137 cm³/mol. The highest BCUT2D eigenvalue weighted by molar-refractivity contribution is 7.99. The van der Waals surface area contributed by atoms with Crippen LogP contribution in [-0.2, 0) is 17.6 Å². The summed E-state index contributed by atoms with van der Waals surface area (Å²) in [4.78, 5) is 33.2. The Kier molecular flexibility index (Phi) is 7.36. The highest BCUT2D eigenvalue weighted by Gasteiger charge is 2.26. The molecular weight excluding hydrogens is 478 g/mol. The summed E-state index contributed by atoms with van der Waals surface area (Å²) in [5.41, 5.74) is 1.50. The number of amides is 1. The second kappa shape index (κ2) is 10.1. The molecule has 1 N–H and O–H groups in total. The van der Waals surface area contributed by atoms with E-state index in [1.807, 2.05) is 13.8 Å².